The molecule has 1 aliphatic rings. The highest BCUT2D eigenvalue weighted by Crippen LogP contribution is 2.33. The fourth-order valence-corrected chi connectivity index (χ4v) is 2.93. The number of anilines is 1. The van der Waals surface area contributed by atoms with E-state index in [0.29, 0.717) is 25.2 Å². The summed E-state index contributed by atoms with van der Waals surface area (Å²) in [6, 6.07) is 0.791. The average molecular weight is 331 g/mol. The number of rotatable bonds is 2. The lowest BCUT2D eigenvalue weighted by molar-refractivity contribution is -0.137. The Hall–Kier alpha value is -1.99. The minimum absolute atomic E-state index is 0.262. The van der Waals surface area contributed by atoms with Crippen molar-refractivity contribution in [2.24, 2.45) is 0 Å². The molecular formula is C15H20F3N3O2. The van der Waals surface area contributed by atoms with E-state index in [1.165, 1.54) is 11.1 Å². The molecule has 0 spiro atoms. The second kappa shape index (κ2) is 5.90. The van der Waals surface area contributed by atoms with E-state index in [4.69, 9.17) is 0 Å². The van der Waals surface area contributed by atoms with E-state index in [1.54, 1.807) is 25.7 Å². The molecule has 1 N–H and O–H groups in total. The summed E-state index contributed by atoms with van der Waals surface area (Å²) in [6.07, 6.45) is -2.73. The van der Waals surface area contributed by atoms with Gasteiger partial charge in [0.25, 0.3) is 0 Å². The summed E-state index contributed by atoms with van der Waals surface area (Å²) >= 11 is 0. The Balaban J connectivity index is 2.18. The van der Waals surface area contributed by atoms with Crippen LogP contribution in [-0.4, -0.2) is 45.8 Å². The number of nitrogens with zero attached hydrogens (tertiary/aromatic N) is 3. The van der Waals surface area contributed by atoms with Crippen LogP contribution >= 0.6 is 0 Å². The highest BCUT2D eigenvalue weighted by Gasteiger charge is 2.38. The molecule has 1 fully saturated rings. The molecule has 0 radical (unpaired) electrons. The SMILES string of the molecule is CC(C)(C)N(C(=O)O)[C@H]1CCN(c2cncc(C(F)(F)F)c2)C1. The van der Waals surface area contributed by atoms with Crippen molar-refractivity contribution in [2.75, 3.05) is 18.0 Å². The number of carboxylic acid groups (broad SMARTS) is 1. The summed E-state index contributed by atoms with van der Waals surface area (Å²) in [7, 11) is 0. The molecule has 8 heteroatoms. The van der Waals surface area contributed by atoms with E-state index in [-0.39, 0.29) is 6.04 Å². The summed E-state index contributed by atoms with van der Waals surface area (Å²) in [5, 5.41) is 9.42. The van der Waals surface area contributed by atoms with Gasteiger partial charge in [0.05, 0.1) is 23.5 Å². The minimum atomic E-state index is -4.44. The normalized spacial score (nSPS) is 19.0. The molecule has 1 aromatic heterocycles. The van der Waals surface area contributed by atoms with E-state index in [2.05, 4.69) is 4.98 Å². The minimum Gasteiger partial charge on any atom is -0.465 e. The fourth-order valence-electron chi connectivity index (χ4n) is 2.93. The largest absolute Gasteiger partial charge is 0.465 e. The van der Waals surface area contributed by atoms with Crippen molar-refractivity contribution in [3.63, 3.8) is 0 Å². The molecule has 0 aliphatic carbocycles. The molecule has 128 valence electrons. The summed E-state index contributed by atoms with van der Waals surface area (Å²) in [4.78, 5) is 18.3. The quantitative estimate of drug-likeness (QED) is 0.902. The van der Waals surface area contributed by atoms with Gasteiger partial charge >= 0.3 is 12.3 Å². The first-order valence-corrected chi connectivity index (χ1v) is 7.29. The number of amides is 1. The van der Waals surface area contributed by atoms with Crippen LogP contribution in [0, 0.1) is 0 Å². The summed E-state index contributed by atoms with van der Waals surface area (Å²) < 4.78 is 38.3. The molecule has 2 rings (SSSR count). The Bertz CT molecular complexity index is 584. The topological polar surface area (TPSA) is 56.7 Å². The molecule has 0 saturated carbocycles. The standard InChI is InChI=1S/C15H20F3N3O2/c1-14(2,3)21(13(22)23)11-4-5-20(9-11)12-6-10(7-19-8-12)15(16,17)18/h6-8,11H,4-5,9H2,1-3H3,(H,22,23)/t11-/m0/s1. The zero-order valence-corrected chi connectivity index (χ0v) is 13.3. The Kier molecular flexibility index (Phi) is 4.45. The third-order valence-electron chi connectivity index (χ3n) is 3.87. The van der Waals surface area contributed by atoms with Crippen LogP contribution in [0.25, 0.3) is 0 Å². The lowest BCUT2D eigenvalue weighted by atomic mass is 10.0. The molecule has 0 unspecified atom stereocenters. The molecule has 1 aliphatic heterocycles. The molecule has 23 heavy (non-hydrogen) atoms. The van der Waals surface area contributed by atoms with Crippen LogP contribution in [0.5, 0.6) is 0 Å². The molecule has 2 heterocycles. The molecule has 0 bridgehead atoms. The maximum absolute atomic E-state index is 12.8. The first-order chi connectivity index (χ1) is 10.5. The maximum atomic E-state index is 12.8. The first-order valence-electron chi connectivity index (χ1n) is 7.29. The second-order valence-electron chi connectivity index (χ2n) is 6.64. The van der Waals surface area contributed by atoms with E-state index >= 15 is 0 Å². The van der Waals surface area contributed by atoms with E-state index in [1.807, 2.05) is 0 Å². The number of hydrogen-bond acceptors (Lipinski definition) is 3. The molecule has 1 saturated heterocycles. The van der Waals surface area contributed by atoms with Gasteiger partial charge in [-0.05, 0) is 33.3 Å². The van der Waals surface area contributed by atoms with Gasteiger partial charge in [0, 0.05) is 24.8 Å². The van der Waals surface area contributed by atoms with Crippen molar-refractivity contribution in [1.29, 1.82) is 0 Å². The van der Waals surface area contributed by atoms with Gasteiger partial charge in [-0.2, -0.15) is 13.2 Å². The van der Waals surface area contributed by atoms with Crippen LogP contribution in [0.1, 0.15) is 32.8 Å². The number of halogens is 3. The maximum Gasteiger partial charge on any atom is 0.417 e. The lowest BCUT2D eigenvalue weighted by Gasteiger charge is -2.38. The van der Waals surface area contributed by atoms with Crippen molar-refractivity contribution < 1.29 is 23.1 Å². The van der Waals surface area contributed by atoms with Crippen molar-refractivity contribution in [3.8, 4) is 0 Å². The third kappa shape index (κ3) is 3.86. The number of hydrogen-bond donors (Lipinski definition) is 1. The van der Waals surface area contributed by atoms with Crippen LogP contribution in [0.3, 0.4) is 0 Å². The van der Waals surface area contributed by atoms with Gasteiger partial charge in [-0.3, -0.25) is 9.88 Å². The number of pyridine rings is 1. The highest BCUT2D eigenvalue weighted by molar-refractivity contribution is 5.67. The predicted octanol–water partition coefficient (Wildman–Crippen LogP) is 3.46. The molecule has 1 aromatic rings. The Morgan fingerprint density at radius 1 is 1.35 bits per heavy atom. The molecule has 5 nitrogen and oxygen atoms in total. The van der Waals surface area contributed by atoms with Crippen molar-refractivity contribution in [3.05, 3.63) is 24.0 Å². The first kappa shape index (κ1) is 17.4. The number of carbonyl (C=O) groups is 1. The van der Waals surface area contributed by atoms with E-state index < -0.39 is 23.4 Å². The van der Waals surface area contributed by atoms with Gasteiger partial charge in [0.2, 0.25) is 0 Å². The summed E-state index contributed by atoms with van der Waals surface area (Å²) in [5.74, 6) is 0. The van der Waals surface area contributed by atoms with Crippen LogP contribution in [0.2, 0.25) is 0 Å². The Morgan fingerprint density at radius 2 is 2.00 bits per heavy atom. The highest BCUT2D eigenvalue weighted by atomic mass is 19.4. The molecular weight excluding hydrogens is 311 g/mol. The Labute approximate surface area is 132 Å². The fraction of sp³-hybridized carbons (Fsp3) is 0.600. The van der Waals surface area contributed by atoms with Crippen molar-refractivity contribution in [2.45, 2.75) is 44.9 Å². The Morgan fingerprint density at radius 3 is 2.52 bits per heavy atom. The number of aromatic nitrogens is 1. The van der Waals surface area contributed by atoms with Gasteiger partial charge in [-0.25, -0.2) is 4.79 Å². The number of alkyl halides is 3. The third-order valence-corrected chi connectivity index (χ3v) is 3.87. The predicted molar refractivity (Wildman–Crippen MR) is 79.5 cm³/mol. The smallest absolute Gasteiger partial charge is 0.417 e. The van der Waals surface area contributed by atoms with Crippen LogP contribution in [0.15, 0.2) is 18.5 Å². The van der Waals surface area contributed by atoms with Crippen LogP contribution in [-0.2, 0) is 6.18 Å². The molecule has 0 aromatic carbocycles. The lowest BCUT2D eigenvalue weighted by Crippen LogP contribution is -2.52. The van der Waals surface area contributed by atoms with E-state index in [0.717, 1.165) is 12.3 Å². The zero-order valence-electron chi connectivity index (χ0n) is 13.3. The van der Waals surface area contributed by atoms with Gasteiger partial charge in [-0.1, -0.05) is 0 Å². The van der Waals surface area contributed by atoms with Crippen LogP contribution in [0.4, 0.5) is 23.7 Å². The summed E-state index contributed by atoms with van der Waals surface area (Å²) in [5.41, 5.74) is -1.01. The average Bonchev–Trinajstić information content (AvgIpc) is 2.85. The molecule has 1 amide bonds. The van der Waals surface area contributed by atoms with Gasteiger partial charge in [0.15, 0.2) is 0 Å². The monoisotopic (exact) mass is 331 g/mol. The zero-order chi connectivity index (χ0) is 17.4. The van der Waals surface area contributed by atoms with Gasteiger partial charge in [0.1, 0.15) is 0 Å². The van der Waals surface area contributed by atoms with Gasteiger partial charge < -0.3 is 10.0 Å². The van der Waals surface area contributed by atoms with Crippen LogP contribution < -0.4 is 4.90 Å². The van der Waals surface area contributed by atoms with Crippen molar-refractivity contribution >= 4 is 11.8 Å². The molecule has 1 atom stereocenters. The van der Waals surface area contributed by atoms with Gasteiger partial charge in [-0.15, -0.1) is 0 Å². The second-order valence-corrected chi connectivity index (χ2v) is 6.64. The van der Waals surface area contributed by atoms with E-state index in [9.17, 15) is 23.1 Å². The summed E-state index contributed by atoms with van der Waals surface area (Å²) in [6.45, 7) is 6.25. The van der Waals surface area contributed by atoms with Crippen molar-refractivity contribution in [1.82, 2.24) is 9.88 Å².